The van der Waals surface area contributed by atoms with Crippen LogP contribution in [0, 0.1) is 20.8 Å². The molecule has 0 fully saturated rings. The fraction of sp³-hybridized carbons (Fsp3) is 0.208. The van der Waals surface area contributed by atoms with Crippen molar-refractivity contribution in [1.82, 2.24) is 14.9 Å². The first-order chi connectivity index (χ1) is 15.8. The van der Waals surface area contributed by atoms with Gasteiger partial charge < -0.3 is 14.6 Å². The third kappa shape index (κ3) is 5.29. The van der Waals surface area contributed by atoms with Crippen LogP contribution in [-0.2, 0) is 13.2 Å². The highest BCUT2D eigenvalue weighted by Crippen LogP contribution is 2.24. The van der Waals surface area contributed by atoms with Crippen LogP contribution in [0.2, 0.25) is 5.02 Å². The van der Waals surface area contributed by atoms with Gasteiger partial charge in [0.2, 0.25) is 0 Å². The molecule has 0 saturated heterocycles. The Kier molecular flexibility index (Phi) is 6.85. The van der Waals surface area contributed by atoms with Crippen molar-refractivity contribution in [3.63, 3.8) is 0 Å². The van der Waals surface area contributed by atoms with Crippen molar-refractivity contribution in [3.05, 3.63) is 92.0 Å². The number of carbonyl (C=O) groups excluding carboxylic acids is 1. The minimum absolute atomic E-state index is 0.124. The Morgan fingerprint density at radius 2 is 1.94 bits per heavy atom. The highest BCUT2D eigenvalue weighted by molar-refractivity contribution is 9.10. The van der Waals surface area contributed by atoms with Crippen LogP contribution in [0.4, 0.5) is 5.69 Å². The molecule has 9 heteroatoms. The molecule has 0 saturated carbocycles. The standard InChI is InChI=1S/C24H22BrClN4O3/c1-14-22(15(2)30(28-14)12-17-7-9-18(25)10-8-17)27-24(31)23-21(16(3)33-29-23)13-32-20-6-4-5-19(26)11-20/h4-11H,12-13H2,1-3H3,(H,27,31). The van der Waals surface area contributed by atoms with E-state index in [0.29, 0.717) is 34.3 Å². The Balaban J connectivity index is 1.51. The summed E-state index contributed by atoms with van der Waals surface area (Å²) in [5.74, 6) is 0.725. The third-order valence-corrected chi connectivity index (χ3v) is 6.01. The molecular weight excluding hydrogens is 508 g/mol. The smallest absolute Gasteiger partial charge is 0.278 e. The van der Waals surface area contributed by atoms with E-state index in [-0.39, 0.29) is 18.2 Å². The number of nitrogens with one attached hydrogen (secondary N) is 1. The van der Waals surface area contributed by atoms with Crippen molar-refractivity contribution in [2.24, 2.45) is 0 Å². The number of halogens is 2. The summed E-state index contributed by atoms with van der Waals surface area (Å²) >= 11 is 9.46. The maximum Gasteiger partial charge on any atom is 0.278 e. The molecule has 2 heterocycles. The lowest BCUT2D eigenvalue weighted by Gasteiger charge is -2.09. The van der Waals surface area contributed by atoms with Crippen LogP contribution in [0.5, 0.6) is 5.75 Å². The van der Waals surface area contributed by atoms with Gasteiger partial charge in [-0.05, 0) is 56.7 Å². The van der Waals surface area contributed by atoms with Crippen molar-refractivity contribution >= 4 is 39.1 Å². The number of rotatable bonds is 7. The van der Waals surface area contributed by atoms with Gasteiger partial charge in [-0.25, -0.2) is 0 Å². The van der Waals surface area contributed by atoms with E-state index in [2.05, 4.69) is 31.5 Å². The van der Waals surface area contributed by atoms with Crippen molar-refractivity contribution in [2.45, 2.75) is 33.9 Å². The van der Waals surface area contributed by atoms with Crippen LogP contribution in [0.15, 0.2) is 57.5 Å². The van der Waals surface area contributed by atoms with E-state index in [4.69, 9.17) is 20.9 Å². The average molecular weight is 530 g/mol. The van der Waals surface area contributed by atoms with Crippen LogP contribution < -0.4 is 10.1 Å². The van der Waals surface area contributed by atoms with Gasteiger partial charge >= 0.3 is 0 Å². The molecule has 0 radical (unpaired) electrons. The minimum Gasteiger partial charge on any atom is -0.489 e. The molecule has 1 amide bonds. The Labute approximate surface area is 204 Å². The second-order valence-corrected chi connectivity index (χ2v) is 8.95. The van der Waals surface area contributed by atoms with Crippen LogP contribution in [0.3, 0.4) is 0 Å². The Morgan fingerprint density at radius 1 is 1.18 bits per heavy atom. The molecule has 0 aliphatic heterocycles. The topological polar surface area (TPSA) is 82.2 Å². The quantitative estimate of drug-likeness (QED) is 0.313. The first-order valence-corrected chi connectivity index (χ1v) is 11.4. The summed E-state index contributed by atoms with van der Waals surface area (Å²) in [7, 11) is 0. The number of benzene rings is 2. The molecule has 0 bridgehead atoms. The van der Waals surface area contributed by atoms with E-state index in [0.717, 1.165) is 21.4 Å². The summed E-state index contributed by atoms with van der Waals surface area (Å²) in [4.78, 5) is 13.1. The molecular formula is C24H22BrClN4O3. The van der Waals surface area contributed by atoms with E-state index < -0.39 is 0 Å². The first-order valence-electron chi connectivity index (χ1n) is 10.2. The summed E-state index contributed by atoms with van der Waals surface area (Å²) in [6, 6.07) is 15.1. The maximum absolute atomic E-state index is 13.1. The molecule has 0 unspecified atom stereocenters. The minimum atomic E-state index is -0.383. The molecule has 0 spiro atoms. The number of anilines is 1. The van der Waals surface area contributed by atoms with Crippen LogP contribution in [-0.4, -0.2) is 20.8 Å². The molecule has 2 aromatic carbocycles. The van der Waals surface area contributed by atoms with Crippen molar-refractivity contribution < 1.29 is 14.1 Å². The van der Waals surface area contributed by atoms with E-state index >= 15 is 0 Å². The fourth-order valence-electron chi connectivity index (χ4n) is 3.42. The van der Waals surface area contributed by atoms with Crippen molar-refractivity contribution in [2.75, 3.05) is 5.32 Å². The Hall–Kier alpha value is -3.10. The second kappa shape index (κ2) is 9.80. The zero-order valence-corrected chi connectivity index (χ0v) is 20.7. The molecule has 7 nitrogen and oxygen atoms in total. The number of ether oxygens (including phenoxy) is 1. The van der Waals surface area contributed by atoms with Gasteiger partial charge in [-0.15, -0.1) is 0 Å². The van der Waals surface area contributed by atoms with E-state index in [9.17, 15) is 4.79 Å². The molecule has 0 aliphatic rings. The number of nitrogens with zero attached hydrogens (tertiary/aromatic N) is 3. The highest BCUT2D eigenvalue weighted by Gasteiger charge is 2.23. The summed E-state index contributed by atoms with van der Waals surface area (Å²) in [5.41, 5.74) is 4.07. The summed E-state index contributed by atoms with van der Waals surface area (Å²) < 4.78 is 14.0. The number of amides is 1. The Bertz CT molecular complexity index is 1300. The van der Waals surface area contributed by atoms with Crippen molar-refractivity contribution in [1.29, 1.82) is 0 Å². The monoisotopic (exact) mass is 528 g/mol. The second-order valence-electron chi connectivity index (χ2n) is 7.60. The number of hydrogen-bond donors (Lipinski definition) is 1. The third-order valence-electron chi connectivity index (χ3n) is 5.24. The molecule has 33 heavy (non-hydrogen) atoms. The van der Waals surface area contributed by atoms with Gasteiger partial charge in [0.25, 0.3) is 5.91 Å². The van der Waals surface area contributed by atoms with Gasteiger partial charge in [0, 0.05) is 9.50 Å². The molecule has 0 atom stereocenters. The summed E-state index contributed by atoms with van der Waals surface area (Å²) in [6.45, 7) is 6.24. The molecule has 1 N–H and O–H groups in total. The van der Waals surface area contributed by atoms with Crippen LogP contribution in [0.1, 0.15) is 38.8 Å². The van der Waals surface area contributed by atoms with Gasteiger partial charge in [0.1, 0.15) is 18.1 Å². The Morgan fingerprint density at radius 3 is 2.67 bits per heavy atom. The highest BCUT2D eigenvalue weighted by atomic mass is 79.9. The number of aryl methyl sites for hydroxylation is 2. The molecule has 4 aromatic rings. The first kappa shape index (κ1) is 23.1. The number of hydrogen-bond acceptors (Lipinski definition) is 5. The zero-order chi connectivity index (χ0) is 23.5. The maximum atomic E-state index is 13.1. The average Bonchev–Trinajstić information content (AvgIpc) is 3.28. The SMILES string of the molecule is Cc1nn(Cc2ccc(Br)cc2)c(C)c1NC(=O)c1noc(C)c1COc1cccc(Cl)c1. The van der Waals surface area contributed by atoms with Gasteiger partial charge in [-0.2, -0.15) is 5.10 Å². The van der Waals surface area contributed by atoms with E-state index in [1.54, 1.807) is 31.2 Å². The molecule has 2 aromatic heterocycles. The predicted octanol–water partition coefficient (Wildman–Crippen LogP) is 6.09. The number of aromatic nitrogens is 3. The molecule has 170 valence electrons. The van der Waals surface area contributed by atoms with E-state index in [1.807, 2.05) is 42.8 Å². The lowest BCUT2D eigenvalue weighted by Crippen LogP contribution is -2.16. The molecule has 0 aliphatic carbocycles. The lowest BCUT2D eigenvalue weighted by atomic mass is 10.2. The van der Waals surface area contributed by atoms with Gasteiger partial charge in [0.05, 0.1) is 29.2 Å². The van der Waals surface area contributed by atoms with Crippen LogP contribution >= 0.6 is 27.5 Å². The molecule has 4 rings (SSSR count). The number of carbonyl (C=O) groups is 1. The summed E-state index contributed by atoms with van der Waals surface area (Å²) in [6.07, 6.45) is 0. The fourth-order valence-corrected chi connectivity index (χ4v) is 3.86. The van der Waals surface area contributed by atoms with Gasteiger partial charge in [-0.3, -0.25) is 9.48 Å². The largest absolute Gasteiger partial charge is 0.489 e. The lowest BCUT2D eigenvalue weighted by molar-refractivity contribution is 0.101. The van der Waals surface area contributed by atoms with E-state index in [1.165, 1.54) is 0 Å². The normalized spacial score (nSPS) is 10.9. The van der Waals surface area contributed by atoms with Crippen molar-refractivity contribution in [3.8, 4) is 5.75 Å². The van der Waals surface area contributed by atoms with Crippen LogP contribution in [0.25, 0.3) is 0 Å². The predicted molar refractivity (Wildman–Crippen MR) is 130 cm³/mol. The summed E-state index contributed by atoms with van der Waals surface area (Å²) in [5, 5.41) is 12.1. The van der Waals surface area contributed by atoms with Gasteiger partial charge in [0.15, 0.2) is 5.69 Å². The zero-order valence-electron chi connectivity index (χ0n) is 18.4. The van der Waals surface area contributed by atoms with Gasteiger partial charge in [-0.1, -0.05) is 50.9 Å².